The fourth-order valence-corrected chi connectivity index (χ4v) is 2.89. The van der Waals surface area contributed by atoms with E-state index < -0.39 is 0 Å². The molecule has 19 heavy (non-hydrogen) atoms. The van der Waals surface area contributed by atoms with E-state index in [4.69, 9.17) is 16.3 Å². The van der Waals surface area contributed by atoms with E-state index in [1.54, 1.807) is 0 Å². The first-order chi connectivity index (χ1) is 9.24. The summed E-state index contributed by atoms with van der Waals surface area (Å²) in [6.45, 7) is 3.94. The lowest BCUT2D eigenvalue weighted by Gasteiger charge is -2.25. The highest BCUT2D eigenvalue weighted by Crippen LogP contribution is 2.35. The van der Waals surface area contributed by atoms with Crippen LogP contribution >= 0.6 is 27.5 Å². The predicted octanol–water partition coefficient (Wildman–Crippen LogP) is 4.84. The maximum Gasteiger partial charge on any atom is 0.0876 e. The van der Waals surface area contributed by atoms with Crippen molar-refractivity contribution in [2.75, 3.05) is 13.2 Å². The summed E-state index contributed by atoms with van der Waals surface area (Å²) in [7, 11) is 0. The van der Waals surface area contributed by atoms with Crippen molar-refractivity contribution in [2.24, 2.45) is 0 Å². The maximum absolute atomic E-state index is 6.43. The van der Waals surface area contributed by atoms with Crippen molar-refractivity contribution in [3.63, 3.8) is 0 Å². The highest BCUT2D eigenvalue weighted by Gasteiger charge is 2.21. The summed E-state index contributed by atoms with van der Waals surface area (Å²) < 4.78 is 6.42. The smallest absolute Gasteiger partial charge is 0.0876 e. The van der Waals surface area contributed by atoms with E-state index >= 15 is 0 Å². The summed E-state index contributed by atoms with van der Waals surface area (Å²) in [5, 5.41) is 4.35. The second-order valence-electron chi connectivity index (χ2n) is 4.70. The van der Waals surface area contributed by atoms with Crippen molar-refractivity contribution >= 4 is 27.5 Å². The van der Waals surface area contributed by atoms with Crippen molar-refractivity contribution < 1.29 is 4.74 Å². The molecule has 1 aromatic rings. The van der Waals surface area contributed by atoms with Gasteiger partial charge in [-0.25, -0.2) is 0 Å². The van der Waals surface area contributed by atoms with E-state index in [0.717, 1.165) is 47.5 Å². The van der Waals surface area contributed by atoms with Crippen LogP contribution in [-0.2, 0) is 4.74 Å². The molecule has 0 bridgehead atoms. The first-order valence-electron chi connectivity index (χ1n) is 6.72. The molecule has 2 nitrogen and oxygen atoms in total. The molecule has 1 heterocycles. The Balaban J connectivity index is 2.30. The number of nitrogens with one attached hydrogen (secondary N) is 1. The van der Waals surface area contributed by atoms with Crippen molar-refractivity contribution in [3.8, 4) is 0 Å². The average molecular weight is 345 g/mol. The third-order valence-electron chi connectivity index (χ3n) is 3.22. The number of hydrogen-bond acceptors (Lipinski definition) is 2. The molecule has 0 saturated heterocycles. The summed E-state index contributed by atoms with van der Waals surface area (Å²) >= 11 is 9.93. The van der Waals surface area contributed by atoms with Crippen LogP contribution in [0.1, 0.15) is 37.8 Å². The Bertz CT molecular complexity index is 461. The molecule has 1 aliphatic heterocycles. The SMILES string of the molecule is CCCNC(C1=COCCC1)c1cccc(Br)c1Cl. The average Bonchev–Trinajstić information content (AvgIpc) is 2.45. The van der Waals surface area contributed by atoms with Gasteiger partial charge in [0.15, 0.2) is 0 Å². The lowest BCUT2D eigenvalue weighted by Crippen LogP contribution is -2.25. The van der Waals surface area contributed by atoms with Crippen LogP contribution in [0, 0.1) is 0 Å². The topological polar surface area (TPSA) is 21.3 Å². The van der Waals surface area contributed by atoms with E-state index in [9.17, 15) is 0 Å². The molecule has 0 fully saturated rings. The molecule has 0 amide bonds. The third-order valence-corrected chi connectivity index (χ3v) is 4.53. The highest BCUT2D eigenvalue weighted by molar-refractivity contribution is 9.10. The van der Waals surface area contributed by atoms with Crippen LogP contribution in [0.3, 0.4) is 0 Å². The monoisotopic (exact) mass is 343 g/mol. The molecule has 1 atom stereocenters. The second kappa shape index (κ2) is 7.32. The quantitative estimate of drug-likeness (QED) is 0.825. The second-order valence-corrected chi connectivity index (χ2v) is 5.93. The molecule has 4 heteroatoms. The zero-order chi connectivity index (χ0) is 13.7. The van der Waals surface area contributed by atoms with Crippen LogP contribution in [-0.4, -0.2) is 13.2 Å². The van der Waals surface area contributed by atoms with E-state index in [-0.39, 0.29) is 6.04 Å². The number of halogens is 2. The van der Waals surface area contributed by atoms with Crippen LogP contribution in [0.4, 0.5) is 0 Å². The fourth-order valence-electron chi connectivity index (χ4n) is 2.27. The first kappa shape index (κ1) is 14.9. The van der Waals surface area contributed by atoms with E-state index in [1.807, 2.05) is 18.4 Å². The lowest BCUT2D eigenvalue weighted by atomic mass is 9.95. The maximum atomic E-state index is 6.43. The molecule has 0 radical (unpaired) electrons. The summed E-state index contributed by atoms with van der Waals surface area (Å²) in [6, 6.07) is 6.21. The minimum atomic E-state index is 0.144. The predicted molar refractivity (Wildman–Crippen MR) is 83.5 cm³/mol. The Morgan fingerprint density at radius 1 is 1.47 bits per heavy atom. The van der Waals surface area contributed by atoms with Gasteiger partial charge in [0.2, 0.25) is 0 Å². The Morgan fingerprint density at radius 3 is 3.00 bits per heavy atom. The van der Waals surface area contributed by atoms with Gasteiger partial charge in [0.1, 0.15) is 0 Å². The Kier molecular flexibility index (Phi) is 5.74. The molecular weight excluding hydrogens is 326 g/mol. The number of ether oxygens (including phenoxy) is 1. The van der Waals surface area contributed by atoms with E-state index in [0.29, 0.717) is 0 Å². The largest absolute Gasteiger partial charge is 0.501 e. The van der Waals surface area contributed by atoms with E-state index in [2.05, 4.69) is 34.2 Å². The number of rotatable bonds is 5. The van der Waals surface area contributed by atoms with Crippen molar-refractivity contribution in [3.05, 3.63) is 45.1 Å². The molecule has 0 spiro atoms. The van der Waals surface area contributed by atoms with Crippen LogP contribution in [0.2, 0.25) is 5.02 Å². The third kappa shape index (κ3) is 3.74. The zero-order valence-corrected chi connectivity index (χ0v) is 13.4. The van der Waals surface area contributed by atoms with Gasteiger partial charge >= 0.3 is 0 Å². The van der Waals surface area contributed by atoms with Gasteiger partial charge < -0.3 is 10.1 Å². The highest BCUT2D eigenvalue weighted by atomic mass is 79.9. The normalized spacial score (nSPS) is 16.7. The summed E-state index contributed by atoms with van der Waals surface area (Å²) in [5.41, 5.74) is 2.39. The van der Waals surface area contributed by atoms with Gasteiger partial charge in [0.05, 0.1) is 23.9 Å². The molecule has 0 aliphatic carbocycles. The minimum absolute atomic E-state index is 0.144. The Labute approximate surface area is 128 Å². The Morgan fingerprint density at radius 2 is 2.32 bits per heavy atom. The molecule has 2 rings (SSSR count). The Hall–Kier alpha value is -0.510. The molecule has 1 aliphatic rings. The molecule has 0 saturated carbocycles. The summed E-state index contributed by atoms with van der Waals surface area (Å²) in [4.78, 5) is 0. The van der Waals surface area contributed by atoms with Gasteiger partial charge in [0, 0.05) is 4.47 Å². The molecule has 1 aromatic carbocycles. The van der Waals surface area contributed by atoms with Gasteiger partial charge in [-0.05, 0) is 58.9 Å². The fraction of sp³-hybridized carbons (Fsp3) is 0.467. The standard InChI is InChI=1S/C15H19BrClNO/c1-2-8-18-15(11-5-4-9-19-10-11)12-6-3-7-13(16)14(12)17/h3,6-7,10,15,18H,2,4-5,8-9H2,1H3. The summed E-state index contributed by atoms with van der Waals surface area (Å²) in [5.74, 6) is 0. The number of hydrogen-bond donors (Lipinski definition) is 1. The zero-order valence-electron chi connectivity index (χ0n) is 11.1. The van der Waals surface area contributed by atoms with Crippen molar-refractivity contribution in [2.45, 2.75) is 32.2 Å². The minimum Gasteiger partial charge on any atom is -0.501 e. The van der Waals surface area contributed by atoms with Gasteiger partial charge in [0.25, 0.3) is 0 Å². The van der Waals surface area contributed by atoms with Gasteiger partial charge in [-0.15, -0.1) is 0 Å². The number of benzene rings is 1. The van der Waals surface area contributed by atoms with E-state index in [1.165, 1.54) is 5.57 Å². The van der Waals surface area contributed by atoms with Gasteiger partial charge in [-0.2, -0.15) is 0 Å². The lowest BCUT2D eigenvalue weighted by molar-refractivity contribution is 0.219. The van der Waals surface area contributed by atoms with Crippen LogP contribution in [0.5, 0.6) is 0 Å². The molecule has 1 unspecified atom stereocenters. The first-order valence-corrected chi connectivity index (χ1v) is 7.89. The molecule has 1 N–H and O–H groups in total. The molecular formula is C15H19BrClNO. The van der Waals surface area contributed by atoms with Crippen molar-refractivity contribution in [1.29, 1.82) is 0 Å². The molecule has 0 aromatic heterocycles. The van der Waals surface area contributed by atoms with Gasteiger partial charge in [-0.3, -0.25) is 0 Å². The van der Waals surface area contributed by atoms with Crippen LogP contribution in [0.25, 0.3) is 0 Å². The van der Waals surface area contributed by atoms with Gasteiger partial charge in [-0.1, -0.05) is 30.7 Å². The van der Waals surface area contributed by atoms with Crippen LogP contribution < -0.4 is 5.32 Å². The van der Waals surface area contributed by atoms with Crippen LogP contribution in [0.15, 0.2) is 34.5 Å². The van der Waals surface area contributed by atoms with Crippen molar-refractivity contribution in [1.82, 2.24) is 5.32 Å². The molecule has 104 valence electrons. The summed E-state index contributed by atoms with van der Waals surface area (Å²) in [6.07, 6.45) is 5.12.